The van der Waals surface area contributed by atoms with E-state index in [1.54, 1.807) is 49.6 Å². The lowest BCUT2D eigenvalue weighted by molar-refractivity contribution is 0.0455. The molecule has 0 aliphatic rings. The fourth-order valence-electron chi connectivity index (χ4n) is 2.96. The highest BCUT2D eigenvalue weighted by molar-refractivity contribution is 5.92. The molecule has 4 rings (SSSR count). The van der Waals surface area contributed by atoms with Gasteiger partial charge in [-0.15, -0.1) is 0 Å². The lowest BCUT2D eigenvalue weighted by Gasteiger charge is -2.11. The largest absolute Gasteiger partial charge is 0.495 e. The van der Waals surface area contributed by atoms with Gasteiger partial charge in [-0.25, -0.2) is 4.79 Å². The van der Waals surface area contributed by atoms with Crippen molar-refractivity contribution in [2.45, 2.75) is 6.61 Å². The third kappa shape index (κ3) is 4.42. The summed E-state index contributed by atoms with van der Waals surface area (Å²) in [5.41, 5.74) is 6.04. The molecule has 0 spiro atoms. The van der Waals surface area contributed by atoms with E-state index in [0.717, 1.165) is 0 Å². The van der Waals surface area contributed by atoms with Crippen LogP contribution in [0.5, 0.6) is 5.75 Å². The van der Waals surface area contributed by atoms with Crippen LogP contribution in [0.2, 0.25) is 0 Å². The van der Waals surface area contributed by atoms with Gasteiger partial charge in [-0.3, -0.25) is 4.79 Å². The topological polar surface area (TPSA) is 145 Å². The predicted octanol–water partition coefficient (Wildman–Crippen LogP) is 2.40. The van der Waals surface area contributed by atoms with Crippen LogP contribution in [0.1, 0.15) is 16.3 Å². The molecule has 2 aromatic heterocycles. The lowest BCUT2D eigenvalue weighted by atomic mass is 10.1. The summed E-state index contributed by atoms with van der Waals surface area (Å²) >= 11 is 0. The third-order valence-electron chi connectivity index (χ3n) is 4.36. The SMILES string of the molecule is COc1ccccc1Nc1nc(N)nc(COC(=O)c2cc3ccccc3c(=O)[nH]2)n1. The van der Waals surface area contributed by atoms with E-state index in [-0.39, 0.29) is 35.6 Å². The van der Waals surface area contributed by atoms with Gasteiger partial charge in [0.05, 0.1) is 12.8 Å². The van der Waals surface area contributed by atoms with Crippen molar-refractivity contribution in [3.8, 4) is 5.75 Å². The van der Waals surface area contributed by atoms with Crippen LogP contribution in [-0.2, 0) is 11.3 Å². The molecule has 0 unspecified atom stereocenters. The van der Waals surface area contributed by atoms with E-state index in [4.69, 9.17) is 15.2 Å². The minimum Gasteiger partial charge on any atom is -0.495 e. The molecule has 0 aliphatic carbocycles. The summed E-state index contributed by atoms with van der Waals surface area (Å²) in [7, 11) is 1.55. The summed E-state index contributed by atoms with van der Waals surface area (Å²) in [4.78, 5) is 39.4. The van der Waals surface area contributed by atoms with Crippen molar-refractivity contribution in [2.24, 2.45) is 0 Å². The molecule has 0 fully saturated rings. The number of nitrogens with zero attached hydrogens (tertiary/aromatic N) is 3. The van der Waals surface area contributed by atoms with Crippen LogP contribution in [-0.4, -0.2) is 33.0 Å². The van der Waals surface area contributed by atoms with Gasteiger partial charge < -0.3 is 25.5 Å². The molecule has 10 nitrogen and oxygen atoms in total. The average molecular weight is 418 g/mol. The van der Waals surface area contributed by atoms with E-state index >= 15 is 0 Å². The fourth-order valence-corrected chi connectivity index (χ4v) is 2.96. The molecule has 0 aliphatic heterocycles. The Kier molecular flexibility index (Phi) is 5.43. The van der Waals surface area contributed by atoms with Crippen molar-refractivity contribution >= 4 is 34.3 Å². The van der Waals surface area contributed by atoms with Crippen molar-refractivity contribution in [1.29, 1.82) is 0 Å². The Bertz CT molecular complexity index is 1320. The number of hydrogen-bond donors (Lipinski definition) is 3. The third-order valence-corrected chi connectivity index (χ3v) is 4.36. The van der Waals surface area contributed by atoms with Gasteiger partial charge >= 0.3 is 5.97 Å². The van der Waals surface area contributed by atoms with Gasteiger partial charge in [-0.05, 0) is 29.7 Å². The Hall–Kier alpha value is -4.47. The summed E-state index contributed by atoms with van der Waals surface area (Å²) in [6.45, 7) is -0.263. The fraction of sp³-hybridized carbons (Fsp3) is 0.0952. The number of fused-ring (bicyclic) bond motifs is 1. The van der Waals surface area contributed by atoms with Crippen molar-refractivity contribution in [3.05, 3.63) is 76.5 Å². The number of rotatable bonds is 6. The molecule has 10 heteroatoms. The number of pyridine rings is 1. The molecule has 4 N–H and O–H groups in total. The number of carbonyl (C=O) groups excluding carboxylic acids is 1. The molecular weight excluding hydrogens is 400 g/mol. The highest BCUT2D eigenvalue weighted by atomic mass is 16.5. The van der Waals surface area contributed by atoms with Crippen molar-refractivity contribution in [1.82, 2.24) is 19.9 Å². The van der Waals surface area contributed by atoms with Gasteiger partial charge in [0, 0.05) is 5.39 Å². The number of nitrogen functional groups attached to an aromatic ring is 1. The Morgan fingerprint density at radius 1 is 1.10 bits per heavy atom. The number of anilines is 3. The Balaban J connectivity index is 1.51. The van der Waals surface area contributed by atoms with Gasteiger partial charge in [-0.1, -0.05) is 30.3 Å². The summed E-state index contributed by atoms with van der Waals surface area (Å²) < 4.78 is 10.5. The Morgan fingerprint density at radius 3 is 2.71 bits per heavy atom. The zero-order valence-electron chi connectivity index (χ0n) is 16.5. The van der Waals surface area contributed by atoms with Crippen molar-refractivity contribution in [3.63, 3.8) is 0 Å². The molecule has 31 heavy (non-hydrogen) atoms. The molecule has 2 aromatic carbocycles. The first-order valence-corrected chi connectivity index (χ1v) is 9.23. The maximum atomic E-state index is 12.4. The second kappa shape index (κ2) is 8.49. The Morgan fingerprint density at radius 2 is 1.87 bits per heavy atom. The number of aromatic amines is 1. The summed E-state index contributed by atoms with van der Waals surface area (Å²) in [6.07, 6.45) is 0. The van der Waals surface area contributed by atoms with Gasteiger partial charge in [0.15, 0.2) is 12.4 Å². The number of nitrogens with two attached hydrogens (primary N) is 1. The number of hydrogen-bond acceptors (Lipinski definition) is 9. The summed E-state index contributed by atoms with van der Waals surface area (Å²) in [5, 5.41) is 4.11. The zero-order valence-corrected chi connectivity index (χ0v) is 16.5. The number of methoxy groups -OCH3 is 1. The molecule has 0 saturated heterocycles. The predicted molar refractivity (Wildman–Crippen MR) is 114 cm³/mol. The first-order valence-electron chi connectivity index (χ1n) is 9.23. The number of esters is 1. The van der Waals surface area contributed by atoms with Gasteiger partial charge in [0.2, 0.25) is 11.9 Å². The number of carbonyl (C=O) groups is 1. The highest BCUT2D eigenvalue weighted by Gasteiger charge is 2.13. The quantitative estimate of drug-likeness (QED) is 0.402. The van der Waals surface area contributed by atoms with Crippen LogP contribution >= 0.6 is 0 Å². The minimum atomic E-state index is -0.721. The summed E-state index contributed by atoms with van der Waals surface area (Å²) in [5.74, 6) is 0.136. The van der Waals surface area contributed by atoms with Crippen LogP contribution in [0.15, 0.2) is 59.4 Å². The average Bonchev–Trinajstić information content (AvgIpc) is 2.77. The minimum absolute atomic E-state index is 0.0260. The van der Waals surface area contributed by atoms with Crippen molar-refractivity contribution in [2.75, 3.05) is 18.2 Å². The molecule has 0 radical (unpaired) electrons. The van der Waals surface area contributed by atoms with E-state index in [9.17, 15) is 9.59 Å². The van der Waals surface area contributed by atoms with Crippen LogP contribution in [0.3, 0.4) is 0 Å². The number of aromatic nitrogens is 4. The first-order chi connectivity index (χ1) is 15.0. The van der Waals surface area contributed by atoms with Crippen LogP contribution < -0.4 is 21.3 Å². The van der Waals surface area contributed by atoms with E-state index < -0.39 is 5.97 Å². The Labute approximate surface area is 176 Å². The molecule has 0 atom stereocenters. The monoisotopic (exact) mass is 418 g/mol. The lowest BCUT2D eigenvalue weighted by Crippen LogP contribution is -2.16. The van der Waals surface area contributed by atoms with Gasteiger partial charge in [0.1, 0.15) is 11.4 Å². The number of ether oxygens (including phenoxy) is 2. The summed E-state index contributed by atoms with van der Waals surface area (Å²) in [6, 6.07) is 15.7. The van der Waals surface area contributed by atoms with E-state index in [2.05, 4.69) is 25.3 Å². The number of H-pyrrole nitrogens is 1. The highest BCUT2D eigenvalue weighted by Crippen LogP contribution is 2.25. The second-order valence-electron chi connectivity index (χ2n) is 6.43. The molecule has 0 amide bonds. The van der Waals surface area contributed by atoms with E-state index in [1.807, 2.05) is 12.1 Å². The maximum absolute atomic E-state index is 12.4. The van der Waals surface area contributed by atoms with Crippen LogP contribution in [0.25, 0.3) is 10.8 Å². The maximum Gasteiger partial charge on any atom is 0.355 e. The molecule has 4 aromatic rings. The molecule has 0 bridgehead atoms. The van der Waals surface area contributed by atoms with E-state index in [1.165, 1.54) is 0 Å². The first kappa shape index (κ1) is 19.8. The smallest absolute Gasteiger partial charge is 0.355 e. The molecule has 2 heterocycles. The molecular formula is C21H18N6O4. The number of benzene rings is 2. The normalized spacial score (nSPS) is 10.6. The van der Waals surface area contributed by atoms with E-state index in [0.29, 0.717) is 22.2 Å². The van der Waals surface area contributed by atoms with Gasteiger partial charge in [-0.2, -0.15) is 15.0 Å². The zero-order chi connectivity index (χ0) is 21.8. The number of para-hydroxylation sites is 2. The molecule has 156 valence electrons. The number of nitrogens with one attached hydrogen (secondary N) is 2. The van der Waals surface area contributed by atoms with Crippen LogP contribution in [0.4, 0.5) is 17.6 Å². The van der Waals surface area contributed by atoms with Crippen molar-refractivity contribution < 1.29 is 14.3 Å². The van der Waals surface area contributed by atoms with Crippen LogP contribution in [0, 0.1) is 0 Å². The molecule has 0 saturated carbocycles. The second-order valence-corrected chi connectivity index (χ2v) is 6.43. The van der Waals surface area contributed by atoms with Gasteiger partial charge in [0.25, 0.3) is 5.56 Å². The standard InChI is InChI=1S/C21H18N6O4/c1-30-16-9-5-4-8-14(16)24-21-26-17(25-20(22)27-21)11-31-19(29)15-10-12-6-2-3-7-13(12)18(28)23-15/h2-10H,11H2,1H3,(H,23,28)(H3,22,24,25,26,27).